The lowest BCUT2D eigenvalue weighted by Crippen LogP contribution is -2.28. The third-order valence-corrected chi connectivity index (χ3v) is 1.69. The summed E-state index contributed by atoms with van der Waals surface area (Å²) < 4.78 is 0. The van der Waals surface area contributed by atoms with Crippen LogP contribution in [0.1, 0.15) is 12.8 Å². The first-order chi connectivity index (χ1) is 5.34. The fraction of sp³-hybridized carbons (Fsp3) is 0.714. The molecule has 1 rings (SSSR count). The average Bonchev–Trinajstić information content (AvgIpc) is 2.52. The van der Waals surface area contributed by atoms with Gasteiger partial charge in [0.2, 0.25) is 0 Å². The van der Waals surface area contributed by atoms with Crippen LogP contribution in [0.5, 0.6) is 0 Å². The highest BCUT2D eigenvalue weighted by Gasteiger charge is 2.15. The van der Waals surface area contributed by atoms with E-state index in [1.54, 1.807) is 4.90 Å². The van der Waals surface area contributed by atoms with E-state index in [4.69, 9.17) is 0 Å². The zero-order chi connectivity index (χ0) is 8.10. The maximum absolute atomic E-state index is 11.1. The Morgan fingerprint density at radius 2 is 2.18 bits per heavy atom. The van der Waals surface area contributed by atoms with E-state index in [1.165, 1.54) is 13.3 Å². The van der Waals surface area contributed by atoms with Crippen LogP contribution in [-0.4, -0.2) is 37.2 Å². The molecular weight excluding hydrogens is 144 g/mol. The van der Waals surface area contributed by atoms with Crippen LogP contribution in [0.3, 0.4) is 0 Å². The van der Waals surface area contributed by atoms with Crippen molar-refractivity contribution in [2.45, 2.75) is 12.8 Å². The predicted octanol–water partition coefficient (Wildman–Crippen LogP) is 0.241. The minimum atomic E-state index is -0.0515. The summed E-state index contributed by atoms with van der Waals surface area (Å²) in [7, 11) is 1.42. The van der Waals surface area contributed by atoms with Crippen LogP contribution in [0.2, 0.25) is 0 Å². The molecule has 1 fully saturated rings. The van der Waals surface area contributed by atoms with Gasteiger partial charge in [-0.05, 0) is 12.8 Å². The van der Waals surface area contributed by atoms with Gasteiger partial charge in [-0.2, -0.15) is 0 Å². The van der Waals surface area contributed by atoms with E-state index in [0.717, 1.165) is 25.9 Å². The summed E-state index contributed by atoms with van der Waals surface area (Å²) in [5.41, 5.74) is 0. The number of carbonyl (C=O) groups is 1. The Morgan fingerprint density at radius 1 is 1.55 bits per heavy atom. The van der Waals surface area contributed by atoms with Gasteiger partial charge in [-0.3, -0.25) is 4.79 Å². The maximum Gasteiger partial charge on any atom is 0.268 e. The first-order valence-electron chi connectivity index (χ1n) is 3.70. The highest BCUT2D eigenvalue weighted by Crippen LogP contribution is 2.05. The zero-order valence-electron chi connectivity index (χ0n) is 6.62. The third-order valence-electron chi connectivity index (χ3n) is 1.69. The molecule has 0 saturated carbocycles. The molecule has 0 aromatic rings. The number of oxime groups is 1. The molecule has 0 bridgehead atoms. The molecule has 0 N–H and O–H groups in total. The number of hydrogen-bond acceptors (Lipinski definition) is 3. The first-order valence-corrected chi connectivity index (χ1v) is 3.70. The first kappa shape index (κ1) is 8.04. The number of likely N-dealkylation sites (tertiary alicyclic amines) is 1. The highest BCUT2D eigenvalue weighted by atomic mass is 16.6. The van der Waals surface area contributed by atoms with Crippen molar-refractivity contribution in [3.8, 4) is 0 Å². The van der Waals surface area contributed by atoms with Crippen molar-refractivity contribution < 1.29 is 9.63 Å². The maximum atomic E-state index is 11.1. The van der Waals surface area contributed by atoms with Gasteiger partial charge < -0.3 is 9.74 Å². The van der Waals surface area contributed by atoms with Crippen LogP contribution in [0.4, 0.5) is 0 Å². The summed E-state index contributed by atoms with van der Waals surface area (Å²) in [5.74, 6) is -0.0515. The lowest BCUT2D eigenvalue weighted by Gasteiger charge is -2.10. The van der Waals surface area contributed by atoms with E-state index >= 15 is 0 Å². The topological polar surface area (TPSA) is 41.9 Å². The Morgan fingerprint density at radius 3 is 2.73 bits per heavy atom. The van der Waals surface area contributed by atoms with Gasteiger partial charge in [-0.1, -0.05) is 5.16 Å². The number of rotatable bonds is 2. The second-order valence-corrected chi connectivity index (χ2v) is 2.45. The van der Waals surface area contributed by atoms with Crippen molar-refractivity contribution in [3.63, 3.8) is 0 Å². The van der Waals surface area contributed by atoms with Gasteiger partial charge in [0.15, 0.2) is 0 Å². The van der Waals surface area contributed by atoms with Crippen molar-refractivity contribution in [2.75, 3.05) is 20.2 Å². The Balaban J connectivity index is 2.34. The fourth-order valence-corrected chi connectivity index (χ4v) is 1.12. The molecule has 0 radical (unpaired) electrons. The largest absolute Gasteiger partial charge is 0.399 e. The van der Waals surface area contributed by atoms with E-state index in [0.29, 0.717) is 0 Å². The summed E-state index contributed by atoms with van der Waals surface area (Å²) >= 11 is 0. The normalized spacial score (nSPS) is 17.7. The van der Waals surface area contributed by atoms with Crippen LogP contribution in [0, 0.1) is 0 Å². The molecule has 4 heteroatoms. The number of carbonyl (C=O) groups excluding carboxylic acids is 1. The molecule has 0 unspecified atom stereocenters. The molecule has 1 heterocycles. The average molecular weight is 156 g/mol. The van der Waals surface area contributed by atoms with Crippen LogP contribution in [-0.2, 0) is 9.63 Å². The smallest absolute Gasteiger partial charge is 0.268 e. The van der Waals surface area contributed by atoms with Crippen LogP contribution in [0.15, 0.2) is 5.16 Å². The van der Waals surface area contributed by atoms with Crippen molar-refractivity contribution in [2.24, 2.45) is 5.16 Å². The SMILES string of the molecule is CO/N=C/C(=O)N1CCCC1. The molecule has 0 atom stereocenters. The minimum absolute atomic E-state index is 0.0515. The minimum Gasteiger partial charge on any atom is -0.399 e. The van der Waals surface area contributed by atoms with E-state index in [2.05, 4.69) is 9.99 Å². The van der Waals surface area contributed by atoms with E-state index < -0.39 is 0 Å². The van der Waals surface area contributed by atoms with Crippen LogP contribution >= 0.6 is 0 Å². The molecule has 0 aliphatic carbocycles. The van der Waals surface area contributed by atoms with Gasteiger partial charge in [-0.25, -0.2) is 0 Å². The predicted molar refractivity (Wildman–Crippen MR) is 41.3 cm³/mol. The molecule has 62 valence electrons. The summed E-state index contributed by atoms with van der Waals surface area (Å²) in [6.07, 6.45) is 3.42. The van der Waals surface area contributed by atoms with Gasteiger partial charge in [0.1, 0.15) is 13.3 Å². The second kappa shape index (κ2) is 3.95. The van der Waals surface area contributed by atoms with E-state index in [-0.39, 0.29) is 5.91 Å². The zero-order valence-corrected chi connectivity index (χ0v) is 6.62. The molecule has 1 saturated heterocycles. The molecule has 1 amide bonds. The molecular formula is C7H12N2O2. The summed E-state index contributed by atoms with van der Waals surface area (Å²) in [4.78, 5) is 17.3. The van der Waals surface area contributed by atoms with E-state index in [1.807, 2.05) is 0 Å². The van der Waals surface area contributed by atoms with Crippen molar-refractivity contribution in [1.29, 1.82) is 0 Å². The van der Waals surface area contributed by atoms with Gasteiger partial charge in [0.05, 0.1) is 0 Å². The molecule has 0 aromatic heterocycles. The lowest BCUT2D eigenvalue weighted by molar-refractivity contribution is -0.122. The van der Waals surface area contributed by atoms with Gasteiger partial charge in [0, 0.05) is 13.1 Å². The fourth-order valence-electron chi connectivity index (χ4n) is 1.12. The summed E-state index contributed by atoms with van der Waals surface area (Å²) in [6.45, 7) is 1.71. The standard InChI is InChI=1S/C7H12N2O2/c1-11-8-6-7(10)9-4-2-3-5-9/h6H,2-5H2,1H3/b8-6+. The Kier molecular flexibility index (Phi) is 2.89. The van der Waals surface area contributed by atoms with Gasteiger partial charge in [0.25, 0.3) is 5.91 Å². The highest BCUT2D eigenvalue weighted by molar-refractivity contribution is 6.26. The molecule has 4 nitrogen and oxygen atoms in total. The van der Waals surface area contributed by atoms with Crippen molar-refractivity contribution in [3.05, 3.63) is 0 Å². The van der Waals surface area contributed by atoms with Crippen molar-refractivity contribution in [1.82, 2.24) is 4.90 Å². The quantitative estimate of drug-likeness (QED) is 0.424. The number of nitrogens with zero attached hydrogens (tertiary/aromatic N) is 2. The second-order valence-electron chi connectivity index (χ2n) is 2.45. The summed E-state index contributed by atoms with van der Waals surface area (Å²) in [5, 5.41) is 3.40. The Bertz CT molecular complexity index is 162. The number of hydrogen-bond donors (Lipinski definition) is 0. The Labute approximate surface area is 65.8 Å². The Hall–Kier alpha value is -1.06. The summed E-state index contributed by atoms with van der Waals surface area (Å²) in [6, 6.07) is 0. The molecule has 0 spiro atoms. The monoisotopic (exact) mass is 156 g/mol. The van der Waals surface area contributed by atoms with Gasteiger partial charge in [-0.15, -0.1) is 0 Å². The van der Waals surface area contributed by atoms with Crippen LogP contribution < -0.4 is 0 Å². The molecule has 11 heavy (non-hydrogen) atoms. The molecule has 1 aliphatic rings. The molecule has 0 aromatic carbocycles. The molecule has 1 aliphatic heterocycles. The van der Waals surface area contributed by atoms with Crippen molar-refractivity contribution >= 4 is 12.1 Å². The van der Waals surface area contributed by atoms with Crippen LogP contribution in [0.25, 0.3) is 0 Å². The van der Waals surface area contributed by atoms with Gasteiger partial charge >= 0.3 is 0 Å². The van der Waals surface area contributed by atoms with E-state index in [9.17, 15) is 4.79 Å². The third kappa shape index (κ3) is 2.22. The number of amides is 1. The lowest BCUT2D eigenvalue weighted by atomic mass is 10.4.